The van der Waals surface area contributed by atoms with E-state index in [1.165, 1.54) is 5.56 Å². The van der Waals surface area contributed by atoms with Crippen LogP contribution in [0.1, 0.15) is 30.9 Å². The zero-order valence-electron chi connectivity index (χ0n) is 16.8. The molecular formula is C22H26N2O2S2. The first-order chi connectivity index (χ1) is 13.5. The van der Waals surface area contributed by atoms with E-state index in [0.717, 1.165) is 38.6 Å². The molecule has 148 valence electrons. The first-order valence-corrected chi connectivity index (χ1v) is 11.6. The number of aromatic nitrogens is 1. The van der Waals surface area contributed by atoms with E-state index in [1.807, 2.05) is 30.3 Å². The van der Waals surface area contributed by atoms with Gasteiger partial charge in [-0.2, -0.15) is 16.8 Å². The number of rotatable bonds is 7. The Kier molecular flexibility index (Phi) is 6.97. The molecule has 0 fully saturated rings. The normalized spacial score (nSPS) is 12.1. The second-order valence-corrected chi connectivity index (χ2v) is 8.94. The highest BCUT2D eigenvalue weighted by Gasteiger charge is 2.10. The molecule has 0 saturated heterocycles. The van der Waals surface area contributed by atoms with Crippen LogP contribution in [0.5, 0.6) is 5.75 Å². The lowest BCUT2D eigenvalue weighted by atomic mass is 10.0. The third kappa shape index (κ3) is 4.86. The van der Waals surface area contributed by atoms with Crippen molar-refractivity contribution in [3.63, 3.8) is 0 Å². The summed E-state index contributed by atoms with van der Waals surface area (Å²) in [6.45, 7) is 5.14. The maximum Gasteiger partial charge on any atom is 0.252 e. The molecule has 0 atom stereocenters. The van der Waals surface area contributed by atoms with Gasteiger partial charge in [0.05, 0.1) is 23.7 Å². The van der Waals surface area contributed by atoms with Crippen molar-refractivity contribution in [3.05, 3.63) is 58.4 Å². The number of methoxy groups -OCH3 is 1. The second-order valence-electron chi connectivity index (χ2n) is 6.94. The van der Waals surface area contributed by atoms with Crippen molar-refractivity contribution in [1.29, 1.82) is 0 Å². The smallest absolute Gasteiger partial charge is 0.252 e. The summed E-state index contributed by atoms with van der Waals surface area (Å²) in [6.07, 6.45) is 2.40. The van der Waals surface area contributed by atoms with E-state index >= 15 is 0 Å². The Bertz CT molecular complexity index is 1020. The number of hydrogen-bond acceptors (Lipinski definition) is 4. The predicted octanol–water partition coefficient (Wildman–Crippen LogP) is 4.87. The van der Waals surface area contributed by atoms with Crippen LogP contribution in [0.2, 0.25) is 0 Å². The van der Waals surface area contributed by atoms with Gasteiger partial charge >= 0.3 is 0 Å². The maximum absolute atomic E-state index is 12.6. The van der Waals surface area contributed by atoms with Gasteiger partial charge in [0.1, 0.15) is 5.75 Å². The van der Waals surface area contributed by atoms with E-state index in [1.54, 1.807) is 30.2 Å². The molecule has 3 aromatic rings. The lowest BCUT2D eigenvalue weighted by Gasteiger charge is -2.06. The molecule has 1 heterocycles. The number of ether oxygens (including phenoxy) is 1. The van der Waals surface area contributed by atoms with Crippen molar-refractivity contribution in [2.45, 2.75) is 32.7 Å². The summed E-state index contributed by atoms with van der Waals surface area (Å²) < 4.78 is 8.60. The molecule has 1 amide bonds. The van der Waals surface area contributed by atoms with Gasteiger partial charge in [-0.1, -0.05) is 49.4 Å². The second kappa shape index (κ2) is 9.43. The highest BCUT2D eigenvalue weighted by atomic mass is 32.2. The Morgan fingerprint density at radius 3 is 2.61 bits per heavy atom. The van der Waals surface area contributed by atoms with Crippen LogP contribution in [0.25, 0.3) is 10.2 Å². The van der Waals surface area contributed by atoms with E-state index in [0.29, 0.717) is 12.3 Å². The molecule has 4 nitrogen and oxygen atoms in total. The van der Waals surface area contributed by atoms with Gasteiger partial charge in [-0.05, 0) is 35.4 Å². The van der Waals surface area contributed by atoms with E-state index in [-0.39, 0.29) is 5.91 Å². The minimum atomic E-state index is -0.117. The molecule has 0 unspecified atom stereocenters. The standard InChI is InChI=1S/C22H26N2O2S2/c1-15(2)17-7-5-16(6-8-17)13-21(25)23-22-24(11-12-27-4)19-14-18(26-3)9-10-20(19)28-22/h5-10,14-15H,11-13H2,1-4H3. The minimum absolute atomic E-state index is 0.117. The minimum Gasteiger partial charge on any atom is -0.497 e. The van der Waals surface area contributed by atoms with Crippen molar-refractivity contribution >= 4 is 39.2 Å². The monoisotopic (exact) mass is 414 g/mol. The molecule has 3 rings (SSSR count). The first-order valence-electron chi connectivity index (χ1n) is 9.34. The molecule has 0 aliphatic heterocycles. The molecule has 2 aromatic carbocycles. The first kappa shape index (κ1) is 20.7. The molecular weight excluding hydrogens is 388 g/mol. The molecule has 6 heteroatoms. The van der Waals surface area contributed by atoms with Crippen LogP contribution in [0.4, 0.5) is 0 Å². The van der Waals surface area contributed by atoms with Crippen molar-refractivity contribution in [2.75, 3.05) is 19.1 Å². The molecule has 0 bridgehead atoms. The number of aryl methyl sites for hydroxylation is 1. The Morgan fingerprint density at radius 2 is 1.96 bits per heavy atom. The fourth-order valence-corrected chi connectivity index (χ4v) is 4.42. The lowest BCUT2D eigenvalue weighted by Crippen LogP contribution is -2.18. The van der Waals surface area contributed by atoms with Gasteiger partial charge in [0.15, 0.2) is 4.80 Å². The third-order valence-electron chi connectivity index (χ3n) is 4.63. The van der Waals surface area contributed by atoms with Crippen molar-refractivity contribution in [3.8, 4) is 5.75 Å². The van der Waals surface area contributed by atoms with Crippen LogP contribution in [-0.2, 0) is 17.8 Å². The molecule has 28 heavy (non-hydrogen) atoms. The Hall–Kier alpha value is -2.05. The van der Waals surface area contributed by atoms with Crippen LogP contribution in [0, 0.1) is 0 Å². The molecule has 0 aliphatic carbocycles. The number of fused-ring (bicyclic) bond motifs is 1. The SMILES string of the molecule is COc1ccc2sc(=NC(=O)Cc3ccc(C(C)C)cc3)n(CCSC)c2c1. The zero-order chi connectivity index (χ0) is 20.1. The van der Waals surface area contributed by atoms with E-state index < -0.39 is 0 Å². The fourth-order valence-electron chi connectivity index (χ4n) is 3.00. The zero-order valence-corrected chi connectivity index (χ0v) is 18.4. The highest BCUT2D eigenvalue weighted by molar-refractivity contribution is 7.98. The van der Waals surface area contributed by atoms with E-state index in [9.17, 15) is 4.79 Å². The number of thioether (sulfide) groups is 1. The summed E-state index contributed by atoms with van der Waals surface area (Å²) in [5.41, 5.74) is 3.34. The average molecular weight is 415 g/mol. The van der Waals surface area contributed by atoms with Gasteiger partial charge in [-0.3, -0.25) is 4.79 Å². The van der Waals surface area contributed by atoms with Gasteiger partial charge in [0.25, 0.3) is 5.91 Å². The molecule has 0 spiro atoms. The number of carbonyl (C=O) groups excluding carboxylic acids is 1. The van der Waals surface area contributed by atoms with Crippen LogP contribution in [-0.4, -0.2) is 29.6 Å². The van der Waals surface area contributed by atoms with Gasteiger partial charge in [0, 0.05) is 18.4 Å². The third-order valence-corrected chi connectivity index (χ3v) is 6.28. The Morgan fingerprint density at radius 1 is 1.21 bits per heavy atom. The molecule has 1 aromatic heterocycles. The summed E-state index contributed by atoms with van der Waals surface area (Å²) >= 11 is 3.33. The summed E-state index contributed by atoms with van der Waals surface area (Å²) in [6, 6.07) is 14.2. The number of nitrogens with zero attached hydrogens (tertiary/aromatic N) is 2. The summed E-state index contributed by atoms with van der Waals surface area (Å²) in [5.74, 6) is 2.14. The van der Waals surface area contributed by atoms with Gasteiger partial charge in [-0.25, -0.2) is 0 Å². The van der Waals surface area contributed by atoms with E-state index in [4.69, 9.17) is 4.74 Å². The molecule has 0 N–H and O–H groups in total. The number of hydrogen-bond donors (Lipinski definition) is 0. The van der Waals surface area contributed by atoms with Gasteiger partial charge < -0.3 is 9.30 Å². The highest BCUT2D eigenvalue weighted by Crippen LogP contribution is 2.23. The Labute approximate surface area is 174 Å². The van der Waals surface area contributed by atoms with Crippen molar-refractivity contribution in [2.24, 2.45) is 4.99 Å². The number of carbonyl (C=O) groups is 1. The molecule has 0 aliphatic rings. The van der Waals surface area contributed by atoms with Crippen LogP contribution < -0.4 is 9.54 Å². The summed E-state index contributed by atoms with van der Waals surface area (Å²) in [4.78, 5) is 17.8. The fraction of sp³-hybridized carbons (Fsp3) is 0.364. The van der Waals surface area contributed by atoms with Crippen molar-refractivity contribution in [1.82, 2.24) is 4.57 Å². The van der Waals surface area contributed by atoms with E-state index in [2.05, 4.69) is 41.8 Å². The van der Waals surface area contributed by atoms with Crippen LogP contribution in [0.3, 0.4) is 0 Å². The van der Waals surface area contributed by atoms with Gasteiger partial charge in [-0.15, -0.1) is 0 Å². The molecule has 0 radical (unpaired) electrons. The topological polar surface area (TPSA) is 43.6 Å². The quantitative estimate of drug-likeness (QED) is 0.554. The van der Waals surface area contributed by atoms with Crippen LogP contribution in [0.15, 0.2) is 47.5 Å². The Balaban J connectivity index is 1.91. The maximum atomic E-state index is 12.6. The largest absolute Gasteiger partial charge is 0.497 e. The van der Waals surface area contributed by atoms with Crippen molar-refractivity contribution < 1.29 is 9.53 Å². The predicted molar refractivity (Wildman–Crippen MR) is 120 cm³/mol. The average Bonchev–Trinajstić information content (AvgIpc) is 3.02. The number of amides is 1. The van der Waals surface area contributed by atoms with Crippen LogP contribution >= 0.6 is 23.1 Å². The van der Waals surface area contributed by atoms with Gasteiger partial charge in [0.2, 0.25) is 0 Å². The summed E-state index contributed by atoms with van der Waals surface area (Å²) in [5, 5.41) is 0. The lowest BCUT2D eigenvalue weighted by molar-refractivity contribution is -0.117. The molecule has 0 saturated carbocycles. The summed E-state index contributed by atoms with van der Waals surface area (Å²) in [7, 11) is 1.67. The number of thiazole rings is 1. The number of benzene rings is 2.